The lowest BCUT2D eigenvalue weighted by molar-refractivity contribution is -0.141. The van der Waals surface area contributed by atoms with Crippen LogP contribution in [-0.4, -0.2) is 65.7 Å². The lowest BCUT2D eigenvalue weighted by Gasteiger charge is -2.23. The normalized spacial score (nSPS) is 27.7. The molecule has 2 saturated heterocycles. The van der Waals surface area contributed by atoms with E-state index in [1.807, 2.05) is 0 Å². The second-order valence-electron chi connectivity index (χ2n) is 5.42. The Morgan fingerprint density at radius 3 is 2.74 bits per heavy atom. The van der Waals surface area contributed by atoms with E-state index in [2.05, 4.69) is 17.1 Å². The first-order valence-electron chi connectivity index (χ1n) is 7.11. The molecule has 0 aromatic rings. The van der Waals surface area contributed by atoms with Gasteiger partial charge in [-0.2, -0.15) is 0 Å². The summed E-state index contributed by atoms with van der Waals surface area (Å²) >= 11 is 0. The van der Waals surface area contributed by atoms with Crippen molar-refractivity contribution in [3.8, 4) is 0 Å². The van der Waals surface area contributed by atoms with E-state index in [0.29, 0.717) is 25.4 Å². The lowest BCUT2D eigenvalue weighted by Crippen LogP contribution is -2.47. The van der Waals surface area contributed by atoms with Crippen molar-refractivity contribution in [1.82, 2.24) is 15.1 Å². The van der Waals surface area contributed by atoms with Gasteiger partial charge in [0.25, 0.3) is 0 Å². The zero-order valence-corrected chi connectivity index (χ0v) is 11.5. The summed E-state index contributed by atoms with van der Waals surface area (Å²) in [6.07, 6.45) is 2.45. The van der Waals surface area contributed by atoms with Crippen molar-refractivity contribution in [1.29, 1.82) is 0 Å². The van der Waals surface area contributed by atoms with Crippen molar-refractivity contribution in [2.45, 2.75) is 32.2 Å². The van der Waals surface area contributed by atoms with Gasteiger partial charge in [0.1, 0.15) is 6.04 Å². The Hall–Kier alpha value is -1.30. The molecule has 0 radical (unpaired) electrons. The molecule has 1 unspecified atom stereocenters. The van der Waals surface area contributed by atoms with Crippen LogP contribution in [0.2, 0.25) is 0 Å². The van der Waals surface area contributed by atoms with Gasteiger partial charge in [-0.05, 0) is 38.3 Å². The molecule has 0 aromatic carbocycles. The summed E-state index contributed by atoms with van der Waals surface area (Å²) in [6.45, 7) is 6.52. The summed E-state index contributed by atoms with van der Waals surface area (Å²) in [5, 5.41) is 11.9. The molecule has 2 heterocycles. The van der Waals surface area contributed by atoms with Gasteiger partial charge in [0, 0.05) is 19.6 Å². The van der Waals surface area contributed by atoms with Crippen molar-refractivity contribution < 1.29 is 14.7 Å². The molecule has 2 rings (SSSR count). The number of carbonyl (C=O) groups is 2. The van der Waals surface area contributed by atoms with Gasteiger partial charge in [0.2, 0.25) is 0 Å². The number of hydrogen-bond donors (Lipinski definition) is 2. The molecular weight excluding hydrogens is 246 g/mol. The van der Waals surface area contributed by atoms with Crippen LogP contribution in [0.1, 0.15) is 26.2 Å². The molecule has 2 atom stereocenters. The number of hydrogen-bond acceptors (Lipinski definition) is 3. The Bertz CT molecular complexity index is 348. The molecule has 19 heavy (non-hydrogen) atoms. The third-order valence-electron chi connectivity index (χ3n) is 4.16. The predicted octanol–water partition coefficient (Wildman–Crippen LogP) is 0.587. The number of nitrogens with zero attached hydrogens (tertiary/aromatic N) is 2. The summed E-state index contributed by atoms with van der Waals surface area (Å²) in [5.74, 6) is -0.402. The van der Waals surface area contributed by atoms with Gasteiger partial charge in [-0.1, -0.05) is 6.92 Å². The molecule has 0 saturated carbocycles. The number of carboxylic acid groups (broad SMARTS) is 1. The van der Waals surface area contributed by atoms with Crippen molar-refractivity contribution >= 4 is 12.0 Å². The van der Waals surface area contributed by atoms with Crippen molar-refractivity contribution in [3.63, 3.8) is 0 Å². The van der Waals surface area contributed by atoms with E-state index in [-0.39, 0.29) is 6.03 Å². The van der Waals surface area contributed by atoms with E-state index in [1.165, 1.54) is 4.90 Å². The van der Waals surface area contributed by atoms with Crippen LogP contribution in [0.4, 0.5) is 4.79 Å². The van der Waals surface area contributed by atoms with Crippen LogP contribution in [0.15, 0.2) is 0 Å². The Balaban J connectivity index is 1.77. The smallest absolute Gasteiger partial charge is 0.326 e. The fourth-order valence-electron chi connectivity index (χ4n) is 2.97. The van der Waals surface area contributed by atoms with Crippen molar-refractivity contribution in [3.05, 3.63) is 0 Å². The number of aliphatic carboxylic acids is 1. The van der Waals surface area contributed by atoms with Crippen LogP contribution in [0.3, 0.4) is 0 Å². The Labute approximate surface area is 113 Å². The first-order chi connectivity index (χ1) is 9.11. The quantitative estimate of drug-likeness (QED) is 0.783. The summed E-state index contributed by atoms with van der Waals surface area (Å²) in [4.78, 5) is 26.9. The van der Waals surface area contributed by atoms with Crippen molar-refractivity contribution in [2.75, 3.05) is 32.7 Å². The highest BCUT2D eigenvalue weighted by atomic mass is 16.4. The molecule has 0 aromatic heterocycles. The Kier molecular flexibility index (Phi) is 4.63. The Morgan fingerprint density at radius 2 is 2.11 bits per heavy atom. The topological polar surface area (TPSA) is 72.9 Å². The van der Waals surface area contributed by atoms with Crippen LogP contribution >= 0.6 is 0 Å². The maximum atomic E-state index is 12.0. The predicted molar refractivity (Wildman–Crippen MR) is 71.0 cm³/mol. The molecule has 6 heteroatoms. The van der Waals surface area contributed by atoms with E-state index < -0.39 is 12.0 Å². The minimum absolute atomic E-state index is 0.222. The highest BCUT2D eigenvalue weighted by Crippen LogP contribution is 2.18. The zero-order chi connectivity index (χ0) is 13.8. The van der Waals surface area contributed by atoms with Gasteiger partial charge in [0.05, 0.1) is 0 Å². The first-order valence-corrected chi connectivity index (χ1v) is 7.11. The minimum atomic E-state index is -0.898. The van der Waals surface area contributed by atoms with Crippen LogP contribution in [0, 0.1) is 5.92 Å². The van der Waals surface area contributed by atoms with Gasteiger partial charge in [-0.3, -0.25) is 0 Å². The fourth-order valence-corrected chi connectivity index (χ4v) is 2.97. The van der Waals surface area contributed by atoms with Crippen molar-refractivity contribution in [2.24, 2.45) is 5.92 Å². The molecular formula is C13H23N3O3. The van der Waals surface area contributed by atoms with Crippen LogP contribution in [-0.2, 0) is 4.79 Å². The molecule has 2 amide bonds. The number of nitrogens with one attached hydrogen (secondary N) is 1. The van der Waals surface area contributed by atoms with Gasteiger partial charge in [0.15, 0.2) is 0 Å². The third-order valence-corrected chi connectivity index (χ3v) is 4.16. The molecule has 0 bridgehead atoms. The molecule has 0 spiro atoms. The monoisotopic (exact) mass is 269 g/mol. The fraction of sp³-hybridized carbons (Fsp3) is 0.846. The second kappa shape index (κ2) is 6.23. The Morgan fingerprint density at radius 1 is 1.32 bits per heavy atom. The summed E-state index contributed by atoms with van der Waals surface area (Å²) < 4.78 is 0. The van der Waals surface area contributed by atoms with Gasteiger partial charge in [-0.15, -0.1) is 0 Å². The maximum Gasteiger partial charge on any atom is 0.326 e. The van der Waals surface area contributed by atoms with E-state index in [1.54, 1.807) is 0 Å². The largest absolute Gasteiger partial charge is 0.480 e. The SMILES string of the molecule is CCN1CCC(CNC(=O)N2CCC[C@H]2C(=O)O)C1. The second-order valence-corrected chi connectivity index (χ2v) is 5.42. The number of rotatable bonds is 4. The van der Waals surface area contributed by atoms with Gasteiger partial charge in [-0.25, -0.2) is 9.59 Å². The summed E-state index contributed by atoms with van der Waals surface area (Å²) in [7, 11) is 0. The van der Waals surface area contributed by atoms with Gasteiger partial charge >= 0.3 is 12.0 Å². The minimum Gasteiger partial charge on any atom is -0.480 e. The van der Waals surface area contributed by atoms with Crippen LogP contribution in [0.25, 0.3) is 0 Å². The highest BCUT2D eigenvalue weighted by Gasteiger charge is 2.34. The number of carboxylic acids is 1. The average molecular weight is 269 g/mol. The number of likely N-dealkylation sites (tertiary alicyclic amines) is 2. The molecule has 2 aliphatic heterocycles. The summed E-state index contributed by atoms with van der Waals surface area (Å²) in [5.41, 5.74) is 0. The number of carbonyl (C=O) groups excluding carboxylic acids is 1. The standard InChI is InChI=1S/C13H23N3O3/c1-2-15-7-5-10(9-15)8-14-13(19)16-6-3-4-11(16)12(17)18/h10-11H,2-9H2,1H3,(H,14,19)(H,17,18)/t10?,11-/m0/s1. The van der Waals surface area contributed by atoms with E-state index >= 15 is 0 Å². The first kappa shape index (κ1) is 14.1. The van der Waals surface area contributed by atoms with Gasteiger partial charge < -0.3 is 20.2 Å². The maximum absolute atomic E-state index is 12.0. The summed E-state index contributed by atoms with van der Waals surface area (Å²) in [6, 6.07) is -0.865. The molecule has 2 N–H and O–H groups in total. The number of amides is 2. The molecule has 0 aliphatic carbocycles. The molecule has 6 nitrogen and oxygen atoms in total. The molecule has 108 valence electrons. The third kappa shape index (κ3) is 3.37. The van der Waals surface area contributed by atoms with Crippen LogP contribution in [0.5, 0.6) is 0 Å². The van der Waals surface area contributed by atoms with E-state index in [0.717, 1.165) is 32.5 Å². The number of urea groups is 1. The molecule has 2 aliphatic rings. The van der Waals surface area contributed by atoms with Crippen LogP contribution < -0.4 is 5.32 Å². The van der Waals surface area contributed by atoms with E-state index in [9.17, 15) is 9.59 Å². The lowest BCUT2D eigenvalue weighted by atomic mass is 10.1. The molecule has 2 fully saturated rings. The van der Waals surface area contributed by atoms with E-state index in [4.69, 9.17) is 5.11 Å². The zero-order valence-electron chi connectivity index (χ0n) is 11.5. The highest BCUT2D eigenvalue weighted by molar-refractivity contribution is 5.83. The average Bonchev–Trinajstić information content (AvgIpc) is 3.04.